The molecule has 0 radical (unpaired) electrons. The SMILES string of the molecule is CCC(=O)N[C@@](C)(CO)[C@](C)(O)CN.O=C(CCCCO)CCCN1C(=O)C=CC1=O.O=C(NCCCC(C(=O)NCCCO)C(=O)NCCCO)C1CCC(CN2C(=O)C=CC2=O)CC1.O=C(O)CCCCC(=O)CCCNC(=O)CO.O=C(O)CCCc1ccc(N2C(=O)C=CC2=O)cc1.O=C(O)CCSCCO. The topological polar surface area (TPSA) is 571 Å². The van der Waals surface area contributed by atoms with Gasteiger partial charge in [0.15, 0.2) is 0 Å². The van der Waals surface area contributed by atoms with Gasteiger partial charge in [0.1, 0.15) is 24.1 Å². The van der Waals surface area contributed by atoms with Crippen LogP contribution in [0.25, 0.3) is 0 Å². The monoisotopic (exact) mass is 1590 g/mol. The molecule has 1 fully saturated rings. The lowest BCUT2D eigenvalue weighted by Crippen LogP contribution is -2.66. The number of carbonyl (C=O) groups excluding carboxylic acids is 13. The molecule has 3 aliphatic heterocycles. The Balaban J connectivity index is 0.00000138. The van der Waals surface area contributed by atoms with E-state index in [9.17, 15) is 81.8 Å². The molecule has 35 nitrogen and oxygen atoms in total. The van der Waals surface area contributed by atoms with Gasteiger partial charge in [-0.3, -0.25) is 86.5 Å². The number of imide groups is 3. The van der Waals surface area contributed by atoms with E-state index in [1.54, 1.807) is 38.1 Å². The maximum absolute atomic E-state index is 12.6. The molecule has 17 N–H and O–H groups in total. The Morgan fingerprint density at radius 3 is 1.45 bits per heavy atom. The minimum atomic E-state index is -1.33. The highest BCUT2D eigenvalue weighted by molar-refractivity contribution is 7.99. The Bertz CT molecular complexity index is 3140. The van der Waals surface area contributed by atoms with Gasteiger partial charge in [-0.2, -0.15) is 11.8 Å². The molecule has 1 aromatic rings. The van der Waals surface area contributed by atoms with E-state index in [0.717, 1.165) is 28.2 Å². The van der Waals surface area contributed by atoms with Crippen molar-refractivity contribution in [2.45, 2.75) is 186 Å². The number of rotatable bonds is 48. The summed E-state index contributed by atoms with van der Waals surface area (Å²) in [5.74, 6) is -5.29. The number of benzene rings is 1. The number of carbonyl (C=O) groups is 16. The predicted octanol–water partition coefficient (Wildman–Crippen LogP) is 0.423. The number of unbranched alkanes of at least 4 members (excludes halogenated alkanes) is 2. The Labute approximate surface area is 651 Å². The largest absolute Gasteiger partial charge is 0.481 e. The van der Waals surface area contributed by atoms with Crippen LogP contribution in [0.3, 0.4) is 0 Å². The number of aliphatic carboxylic acids is 3. The number of aliphatic hydroxyl groups is 7. The fourth-order valence-electron chi connectivity index (χ4n) is 10.5. The van der Waals surface area contributed by atoms with Crippen LogP contribution in [0.4, 0.5) is 5.69 Å². The van der Waals surface area contributed by atoms with Crippen LogP contribution >= 0.6 is 11.8 Å². The molecule has 0 saturated heterocycles. The molecule has 1 aliphatic carbocycles. The molecule has 0 bridgehead atoms. The zero-order valence-electron chi connectivity index (χ0n) is 63.9. The molecule has 624 valence electrons. The highest BCUT2D eigenvalue weighted by atomic mass is 32.2. The van der Waals surface area contributed by atoms with Gasteiger partial charge in [-0.15, -0.1) is 0 Å². The Morgan fingerprint density at radius 1 is 0.514 bits per heavy atom. The molecule has 111 heavy (non-hydrogen) atoms. The number of Topliss-reactive ketones (excluding diaryl/α,β-unsaturated/α-hetero) is 2. The Morgan fingerprint density at radius 2 is 0.973 bits per heavy atom. The average Bonchev–Trinajstić information content (AvgIpc) is 1.39. The number of carboxylic acid groups (broad SMARTS) is 3. The summed E-state index contributed by atoms with van der Waals surface area (Å²) in [5, 5.41) is 100. The van der Waals surface area contributed by atoms with Crippen molar-refractivity contribution in [3.05, 3.63) is 66.3 Å². The second-order valence-electron chi connectivity index (χ2n) is 26.4. The molecule has 0 aromatic heterocycles. The minimum absolute atomic E-state index is 0.0337. The second-order valence-corrected chi connectivity index (χ2v) is 27.6. The zero-order chi connectivity index (χ0) is 83.7. The molecule has 0 unspecified atom stereocenters. The standard InChI is InChI=1S/C24H38N4O7.C14H13NO4.C12H17NO4.C11H19NO5.C9H20N2O3.C5H10O3S/c29-14-2-12-26-23(34)19(24(35)27-13-3-15-30)4-1-11-25-22(33)18-7-5-17(6-8-18)16-28-20(31)9-10-21(28)32;16-12-8-9-13(17)15(12)11-6-4-10(5-7-11)2-1-3-14(18)19;14-9-2-1-4-10(15)5-3-8-13-11(16)6-7-12(13)17;13-8-10(15)12-7-3-5-9(14)4-1-2-6-11(16)17;1-4-7(13)11-8(2,6-12)9(3,14)5-10;6-2-4-9-3-1-5(7)8/h9-10,17-19,29-30H,1-8,11-16H2,(H,25,33)(H,26,34)(H,27,35);4-9H,1-3H2,(H,18,19);6-7,14H,1-5,8-9H2;13H,1-8H2,(H,12,15)(H,16,17);12,14H,4-6,10H2,1-3H3,(H,11,13);6H,1-4H2,(H,7,8)/t;;;;8-,9+;/m....0./s1. The first-order valence-electron chi connectivity index (χ1n) is 37.2. The number of nitrogens with zero attached hydrogens (tertiary/aromatic N) is 3. The van der Waals surface area contributed by atoms with Crippen LogP contribution in [0.15, 0.2) is 60.7 Å². The number of amides is 11. The van der Waals surface area contributed by atoms with Gasteiger partial charge >= 0.3 is 17.9 Å². The molecule has 3 heterocycles. The molecular formula is C75H117N9O26S. The number of thioether (sulfide) groups is 1. The summed E-state index contributed by atoms with van der Waals surface area (Å²) in [7, 11) is 0. The van der Waals surface area contributed by atoms with Crippen molar-refractivity contribution in [3.8, 4) is 0 Å². The van der Waals surface area contributed by atoms with E-state index in [4.69, 9.17) is 51.7 Å². The van der Waals surface area contributed by atoms with E-state index < -0.39 is 59.3 Å². The first-order chi connectivity index (χ1) is 52.7. The van der Waals surface area contributed by atoms with Crippen molar-refractivity contribution in [3.63, 3.8) is 0 Å². The molecule has 2 atom stereocenters. The molecule has 4 aliphatic rings. The molecule has 0 spiro atoms. The molecule has 36 heteroatoms. The van der Waals surface area contributed by atoms with Crippen molar-refractivity contribution in [1.29, 1.82) is 0 Å². The first kappa shape index (κ1) is 102. The summed E-state index contributed by atoms with van der Waals surface area (Å²) in [6.07, 6.45) is 18.9. The third kappa shape index (κ3) is 45.2. The molecule has 1 aromatic carbocycles. The van der Waals surface area contributed by atoms with E-state index >= 15 is 0 Å². The van der Waals surface area contributed by atoms with Gasteiger partial charge in [0.25, 0.3) is 35.4 Å². The van der Waals surface area contributed by atoms with Gasteiger partial charge in [-0.25, -0.2) is 4.90 Å². The lowest BCUT2D eigenvalue weighted by Gasteiger charge is -2.41. The Hall–Kier alpha value is -9.01. The van der Waals surface area contributed by atoms with Gasteiger partial charge in [0, 0.05) is 164 Å². The minimum Gasteiger partial charge on any atom is -0.481 e. The summed E-state index contributed by atoms with van der Waals surface area (Å²) >= 11 is 1.45. The van der Waals surface area contributed by atoms with Gasteiger partial charge in [-0.1, -0.05) is 19.1 Å². The lowest BCUT2D eigenvalue weighted by atomic mass is 9.81. The average molecular weight is 1590 g/mol. The third-order valence-electron chi connectivity index (χ3n) is 17.4. The number of carboxylic acids is 3. The van der Waals surface area contributed by atoms with Gasteiger partial charge in [0.05, 0.1) is 36.5 Å². The highest BCUT2D eigenvalue weighted by Gasteiger charge is 2.43. The van der Waals surface area contributed by atoms with E-state index in [-0.39, 0.29) is 149 Å². The first-order valence-corrected chi connectivity index (χ1v) is 38.4. The number of ketones is 2. The predicted molar refractivity (Wildman–Crippen MR) is 407 cm³/mol. The summed E-state index contributed by atoms with van der Waals surface area (Å²) in [6, 6.07) is 6.99. The van der Waals surface area contributed by atoms with E-state index in [1.807, 2.05) is 0 Å². The number of aliphatic hydroxyl groups excluding tert-OH is 6. The van der Waals surface area contributed by atoms with Crippen molar-refractivity contribution in [1.82, 2.24) is 36.4 Å². The van der Waals surface area contributed by atoms with Crippen molar-refractivity contribution in [2.24, 2.45) is 23.5 Å². The van der Waals surface area contributed by atoms with Crippen LogP contribution in [0.2, 0.25) is 0 Å². The number of hydrogen-bond acceptors (Lipinski definition) is 25. The number of anilines is 1. The molecular weight excluding hydrogens is 1470 g/mol. The van der Waals surface area contributed by atoms with Crippen molar-refractivity contribution >= 4 is 112 Å². The van der Waals surface area contributed by atoms with Crippen molar-refractivity contribution < 1.29 is 128 Å². The maximum atomic E-state index is 12.6. The van der Waals surface area contributed by atoms with Gasteiger partial charge in [-0.05, 0) is 140 Å². The molecule has 5 rings (SSSR count). The summed E-state index contributed by atoms with van der Waals surface area (Å²) in [6.45, 7) is 5.87. The third-order valence-corrected chi connectivity index (χ3v) is 18.4. The lowest BCUT2D eigenvalue weighted by molar-refractivity contribution is -0.139. The van der Waals surface area contributed by atoms with Crippen LogP contribution < -0.4 is 37.2 Å². The van der Waals surface area contributed by atoms with Crippen LogP contribution in [0.1, 0.15) is 174 Å². The summed E-state index contributed by atoms with van der Waals surface area (Å²) < 4.78 is 0. The maximum Gasteiger partial charge on any atom is 0.304 e. The van der Waals surface area contributed by atoms with Gasteiger partial charge < -0.3 is 83.4 Å². The molecule has 1 saturated carbocycles. The summed E-state index contributed by atoms with van der Waals surface area (Å²) in [4.78, 5) is 185. The fraction of sp³-hybridized carbons (Fsp3) is 0.627. The zero-order valence-corrected chi connectivity index (χ0v) is 64.7. The van der Waals surface area contributed by atoms with Crippen LogP contribution in [0.5, 0.6) is 0 Å². The van der Waals surface area contributed by atoms with E-state index in [1.165, 1.54) is 60.0 Å². The number of aryl methyl sites for hydroxylation is 1. The number of hydrogen-bond donors (Lipinski definition) is 16. The normalized spacial score (nSPS) is 15.7. The van der Waals surface area contributed by atoms with E-state index in [2.05, 4.69) is 26.6 Å². The molecule has 11 amide bonds. The second kappa shape index (κ2) is 59.8. The fourth-order valence-corrected chi connectivity index (χ4v) is 11.1. The van der Waals surface area contributed by atoms with Crippen LogP contribution in [-0.2, 0) is 83.1 Å². The smallest absolute Gasteiger partial charge is 0.304 e. The Kier molecular flexibility index (Phi) is 54.9. The number of nitrogens with one attached hydrogen (secondary N) is 5. The van der Waals surface area contributed by atoms with Crippen LogP contribution in [0, 0.1) is 17.8 Å². The summed E-state index contributed by atoms with van der Waals surface area (Å²) in [5.41, 5.74) is 4.46. The van der Waals surface area contributed by atoms with Gasteiger partial charge in [0.2, 0.25) is 29.5 Å². The quantitative estimate of drug-likeness (QED) is 0.0239. The highest BCUT2D eigenvalue weighted by Crippen LogP contribution is 2.30. The van der Waals surface area contributed by atoms with E-state index in [0.29, 0.717) is 159 Å². The number of nitrogens with two attached hydrogens (primary N) is 1. The van der Waals surface area contributed by atoms with Crippen LogP contribution in [-0.4, -0.2) is 263 Å². The van der Waals surface area contributed by atoms with Crippen molar-refractivity contribution in [2.75, 3.05) is 102 Å².